The summed E-state index contributed by atoms with van der Waals surface area (Å²) < 4.78 is 0. The van der Waals surface area contributed by atoms with Gasteiger partial charge in [0.05, 0.1) is 4.92 Å². The molecule has 0 unspecified atom stereocenters. The summed E-state index contributed by atoms with van der Waals surface area (Å²) in [5.74, 6) is 0.391. The fraction of sp³-hybridized carbons (Fsp3) is 0.647. The Morgan fingerprint density at radius 2 is 1.91 bits per heavy atom. The standard InChI is InChI=1S/C17H26N4O2/c18-16-5-1-2-10-17(16,19)13-4-3-11-20(12-13)14-6-8-15(9-7-14)21(22)23/h6-9,13,16H,1-5,10-12,18-19H2/t13-,16+,17+/m0/s1. The lowest BCUT2D eigenvalue weighted by Crippen LogP contribution is -2.64. The van der Waals surface area contributed by atoms with Gasteiger partial charge in [-0.05, 0) is 43.7 Å². The molecule has 6 nitrogen and oxygen atoms in total. The van der Waals surface area contributed by atoms with Crippen molar-refractivity contribution in [2.24, 2.45) is 17.4 Å². The van der Waals surface area contributed by atoms with Gasteiger partial charge in [-0.15, -0.1) is 0 Å². The van der Waals surface area contributed by atoms with Gasteiger partial charge >= 0.3 is 0 Å². The Morgan fingerprint density at radius 3 is 2.57 bits per heavy atom. The zero-order chi connectivity index (χ0) is 16.4. The molecular formula is C17H26N4O2. The Hall–Kier alpha value is -1.66. The number of benzene rings is 1. The van der Waals surface area contributed by atoms with Crippen LogP contribution in [0.25, 0.3) is 0 Å². The number of non-ortho nitro benzene ring substituents is 1. The third-order valence-corrected chi connectivity index (χ3v) is 5.67. The van der Waals surface area contributed by atoms with Gasteiger partial charge in [0.15, 0.2) is 0 Å². The number of nitro groups is 1. The van der Waals surface area contributed by atoms with E-state index in [1.54, 1.807) is 12.1 Å². The molecular weight excluding hydrogens is 292 g/mol. The van der Waals surface area contributed by atoms with Crippen molar-refractivity contribution in [1.82, 2.24) is 0 Å². The van der Waals surface area contributed by atoms with E-state index >= 15 is 0 Å². The van der Waals surface area contributed by atoms with Crippen LogP contribution in [-0.4, -0.2) is 29.6 Å². The first kappa shape index (κ1) is 16.2. The number of hydrogen-bond donors (Lipinski definition) is 2. The molecule has 1 heterocycles. The normalized spacial score (nSPS) is 31.8. The minimum absolute atomic E-state index is 0.0815. The number of rotatable bonds is 3. The van der Waals surface area contributed by atoms with Crippen LogP contribution in [0.4, 0.5) is 11.4 Å². The van der Waals surface area contributed by atoms with Crippen molar-refractivity contribution in [2.75, 3.05) is 18.0 Å². The van der Waals surface area contributed by atoms with Crippen molar-refractivity contribution in [3.05, 3.63) is 34.4 Å². The number of anilines is 1. The molecule has 1 aliphatic carbocycles. The molecule has 0 spiro atoms. The topological polar surface area (TPSA) is 98.4 Å². The SMILES string of the molecule is N[C@@H]1CCCC[C@@]1(N)[C@H]1CCCN(c2ccc([N+](=O)[O-])cc2)C1. The molecule has 0 amide bonds. The van der Waals surface area contributed by atoms with Crippen molar-refractivity contribution in [3.8, 4) is 0 Å². The van der Waals surface area contributed by atoms with Crippen LogP contribution in [0.1, 0.15) is 38.5 Å². The number of nitro benzene ring substituents is 1. The van der Waals surface area contributed by atoms with E-state index in [4.69, 9.17) is 11.5 Å². The molecule has 3 atom stereocenters. The maximum atomic E-state index is 10.8. The molecule has 1 saturated carbocycles. The summed E-state index contributed by atoms with van der Waals surface area (Å²) in [4.78, 5) is 12.7. The summed E-state index contributed by atoms with van der Waals surface area (Å²) in [6.07, 6.45) is 6.58. The Morgan fingerprint density at radius 1 is 1.17 bits per heavy atom. The van der Waals surface area contributed by atoms with E-state index in [0.29, 0.717) is 5.92 Å². The third kappa shape index (κ3) is 3.19. The monoisotopic (exact) mass is 318 g/mol. The second kappa shape index (κ2) is 6.45. The van der Waals surface area contributed by atoms with Crippen LogP contribution >= 0.6 is 0 Å². The Balaban J connectivity index is 1.74. The first-order chi connectivity index (χ1) is 11.0. The largest absolute Gasteiger partial charge is 0.371 e. The highest BCUT2D eigenvalue weighted by molar-refractivity contribution is 5.51. The highest BCUT2D eigenvalue weighted by Crippen LogP contribution is 2.37. The fourth-order valence-electron chi connectivity index (χ4n) is 4.19. The summed E-state index contributed by atoms with van der Waals surface area (Å²) in [6, 6.07) is 6.90. The predicted molar refractivity (Wildman–Crippen MR) is 91.4 cm³/mol. The molecule has 4 N–H and O–H groups in total. The van der Waals surface area contributed by atoms with Crippen LogP contribution < -0.4 is 16.4 Å². The fourth-order valence-corrected chi connectivity index (χ4v) is 4.19. The zero-order valence-electron chi connectivity index (χ0n) is 13.5. The van der Waals surface area contributed by atoms with Crippen LogP contribution in [0.15, 0.2) is 24.3 Å². The molecule has 1 aliphatic heterocycles. The summed E-state index contributed by atoms with van der Waals surface area (Å²) >= 11 is 0. The number of nitrogens with two attached hydrogens (primary N) is 2. The Labute approximate surface area is 137 Å². The lowest BCUT2D eigenvalue weighted by atomic mass is 9.68. The lowest BCUT2D eigenvalue weighted by molar-refractivity contribution is -0.384. The van der Waals surface area contributed by atoms with Gasteiger partial charge in [0.1, 0.15) is 0 Å². The van der Waals surface area contributed by atoms with Crippen molar-refractivity contribution in [2.45, 2.75) is 50.1 Å². The number of nitrogens with zero attached hydrogens (tertiary/aromatic N) is 2. The van der Waals surface area contributed by atoms with Crippen molar-refractivity contribution < 1.29 is 4.92 Å². The smallest absolute Gasteiger partial charge is 0.269 e. The zero-order valence-corrected chi connectivity index (χ0v) is 13.5. The molecule has 0 radical (unpaired) electrons. The van der Waals surface area contributed by atoms with Crippen LogP contribution in [0, 0.1) is 16.0 Å². The Kier molecular flexibility index (Phi) is 4.55. The molecule has 0 aromatic heterocycles. The average molecular weight is 318 g/mol. The lowest BCUT2D eigenvalue weighted by Gasteiger charge is -2.49. The summed E-state index contributed by atoms with van der Waals surface area (Å²) in [7, 11) is 0. The summed E-state index contributed by atoms with van der Waals surface area (Å²) in [5.41, 5.74) is 14.0. The minimum atomic E-state index is -0.362. The third-order valence-electron chi connectivity index (χ3n) is 5.67. The average Bonchev–Trinajstić information content (AvgIpc) is 2.58. The van der Waals surface area contributed by atoms with Crippen molar-refractivity contribution in [1.29, 1.82) is 0 Å². The van der Waals surface area contributed by atoms with Gasteiger partial charge in [-0.1, -0.05) is 12.8 Å². The van der Waals surface area contributed by atoms with Crippen LogP contribution in [0.3, 0.4) is 0 Å². The molecule has 6 heteroatoms. The van der Waals surface area contributed by atoms with Crippen LogP contribution in [0.2, 0.25) is 0 Å². The molecule has 2 fully saturated rings. The van der Waals surface area contributed by atoms with Crippen LogP contribution in [0.5, 0.6) is 0 Å². The number of piperidine rings is 1. The molecule has 1 aromatic carbocycles. The molecule has 23 heavy (non-hydrogen) atoms. The summed E-state index contributed by atoms with van der Waals surface area (Å²) in [6.45, 7) is 1.86. The van der Waals surface area contributed by atoms with Crippen molar-refractivity contribution >= 4 is 11.4 Å². The first-order valence-electron chi connectivity index (χ1n) is 8.54. The van der Waals surface area contributed by atoms with Gasteiger partial charge < -0.3 is 16.4 Å². The van der Waals surface area contributed by atoms with E-state index in [0.717, 1.165) is 50.9 Å². The summed E-state index contributed by atoms with van der Waals surface area (Å²) in [5, 5.41) is 10.8. The molecule has 0 bridgehead atoms. The second-order valence-corrected chi connectivity index (χ2v) is 7.02. The highest BCUT2D eigenvalue weighted by atomic mass is 16.6. The van der Waals surface area contributed by atoms with Gasteiger partial charge in [0.2, 0.25) is 0 Å². The number of hydrogen-bond acceptors (Lipinski definition) is 5. The van der Waals surface area contributed by atoms with Gasteiger partial charge in [-0.3, -0.25) is 10.1 Å². The maximum absolute atomic E-state index is 10.8. The molecule has 126 valence electrons. The first-order valence-corrected chi connectivity index (χ1v) is 8.54. The highest BCUT2D eigenvalue weighted by Gasteiger charge is 2.43. The quantitative estimate of drug-likeness (QED) is 0.658. The molecule has 1 aromatic rings. The Bertz CT molecular complexity index is 562. The van der Waals surface area contributed by atoms with E-state index < -0.39 is 0 Å². The van der Waals surface area contributed by atoms with Gasteiger partial charge in [-0.25, -0.2) is 0 Å². The van der Waals surface area contributed by atoms with E-state index in [1.807, 2.05) is 12.1 Å². The van der Waals surface area contributed by atoms with Crippen LogP contribution in [-0.2, 0) is 0 Å². The van der Waals surface area contributed by atoms with Gasteiger partial charge in [-0.2, -0.15) is 0 Å². The van der Waals surface area contributed by atoms with E-state index in [9.17, 15) is 10.1 Å². The van der Waals surface area contributed by atoms with Crippen molar-refractivity contribution in [3.63, 3.8) is 0 Å². The molecule has 3 rings (SSSR count). The van der Waals surface area contributed by atoms with E-state index in [2.05, 4.69) is 4.90 Å². The van der Waals surface area contributed by atoms with E-state index in [1.165, 1.54) is 6.42 Å². The van der Waals surface area contributed by atoms with E-state index in [-0.39, 0.29) is 22.2 Å². The molecule has 1 saturated heterocycles. The maximum Gasteiger partial charge on any atom is 0.269 e. The second-order valence-electron chi connectivity index (χ2n) is 7.02. The molecule has 2 aliphatic rings. The predicted octanol–water partition coefficient (Wildman–Crippen LogP) is 2.41. The van der Waals surface area contributed by atoms with Gasteiger partial charge in [0, 0.05) is 42.5 Å². The van der Waals surface area contributed by atoms with Gasteiger partial charge in [0.25, 0.3) is 5.69 Å². The minimum Gasteiger partial charge on any atom is -0.371 e.